The van der Waals surface area contributed by atoms with Crippen molar-refractivity contribution in [3.05, 3.63) is 35.4 Å². The zero-order chi connectivity index (χ0) is 13.0. The van der Waals surface area contributed by atoms with Gasteiger partial charge >= 0.3 is 0 Å². The second-order valence-corrected chi connectivity index (χ2v) is 4.83. The molecule has 1 heterocycles. The fourth-order valence-electron chi connectivity index (χ4n) is 2.55. The van der Waals surface area contributed by atoms with Gasteiger partial charge in [-0.1, -0.05) is 12.1 Å². The van der Waals surface area contributed by atoms with E-state index in [0.717, 1.165) is 32.5 Å². The summed E-state index contributed by atoms with van der Waals surface area (Å²) in [7, 11) is 0. The Bertz CT molecular complexity index is 395. The largest absolute Gasteiger partial charge is 0.395 e. The number of carbonyl (C=O) groups is 1. The molecular formula is C14H20N2O2. The average Bonchev–Trinajstić information content (AvgIpc) is 2.40. The average molecular weight is 248 g/mol. The number of hydrogen-bond donors (Lipinski definition) is 2. The zero-order valence-corrected chi connectivity index (χ0v) is 10.5. The van der Waals surface area contributed by atoms with E-state index in [0.29, 0.717) is 11.5 Å². The molecule has 1 fully saturated rings. The van der Waals surface area contributed by atoms with Crippen LogP contribution in [0.5, 0.6) is 0 Å². The first kappa shape index (κ1) is 13.1. The number of β-amino-alcohol motifs (C(OH)–C–C–N with tert-alkyl or cyclic N) is 1. The van der Waals surface area contributed by atoms with Gasteiger partial charge < -0.3 is 15.7 Å². The second kappa shape index (κ2) is 5.98. The SMILES string of the molecule is NC(=O)c1ccc(C2CCN(CCO)CC2)cc1. The maximum Gasteiger partial charge on any atom is 0.248 e. The number of nitrogens with zero attached hydrogens (tertiary/aromatic N) is 1. The topological polar surface area (TPSA) is 66.6 Å². The molecule has 0 spiro atoms. The number of amides is 1. The molecule has 1 saturated heterocycles. The molecule has 0 bridgehead atoms. The van der Waals surface area contributed by atoms with E-state index in [1.54, 1.807) is 12.1 Å². The zero-order valence-electron chi connectivity index (χ0n) is 10.5. The van der Waals surface area contributed by atoms with Crippen LogP contribution >= 0.6 is 0 Å². The van der Waals surface area contributed by atoms with E-state index >= 15 is 0 Å². The molecule has 1 aliphatic heterocycles. The number of rotatable bonds is 4. The maximum absolute atomic E-state index is 11.0. The van der Waals surface area contributed by atoms with Gasteiger partial charge in [-0.05, 0) is 49.5 Å². The summed E-state index contributed by atoms with van der Waals surface area (Å²) in [6, 6.07) is 7.62. The van der Waals surface area contributed by atoms with Crippen LogP contribution in [0.3, 0.4) is 0 Å². The Balaban J connectivity index is 1.95. The van der Waals surface area contributed by atoms with E-state index in [1.807, 2.05) is 12.1 Å². The minimum atomic E-state index is -0.376. The molecule has 0 aromatic heterocycles. The van der Waals surface area contributed by atoms with E-state index < -0.39 is 0 Å². The van der Waals surface area contributed by atoms with Crippen molar-refractivity contribution in [2.24, 2.45) is 5.73 Å². The van der Waals surface area contributed by atoms with E-state index in [1.165, 1.54) is 5.56 Å². The van der Waals surface area contributed by atoms with Gasteiger partial charge in [-0.25, -0.2) is 0 Å². The third-order valence-electron chi connectivity index (χ3n) is 3.67. The van der Waals surface area contributed by atoms with E-state index in [9.17, 15) is 4.79 Å². The molecule has 3 N–H and O–H groups in total. The monoisotopic (exact) mass is 248 g/mol. The first-order chi connectivity index (χ1) is 8.70. The van der Waals surface area contributed by atoms with Crippen LogP contribution in [-0.2, 0) is 0 Å². The fraction of sp³-hybridized carbons (Fsp3) is 0.500. The number of nitrogens with two attached hydrogens (primary N) is 1. The number of aliphatic hydroxyl groups is 1. The van der Waals surface area contributed by atoms with E-state index in [2.05, 4.69) is 4.90 Å². The summed E-state index contributed by atoms with van der Waals surface area (Å²) in [6.07, 6.45) is 2.21. The summed E-state index contributed by atoms with van der Waals surface area (Å²) in [4.78, 5) is 13.3. The summed E-state index contributed by atoms with van der Waals surface area (Å²) in [5.41, 5.74) is 7.07. The number of likely N-dealkylation sites (tertiary alicyclic amines) is 1. The summed E-state index contributed by atoms with van der Waals surface area (Å²) in [6.45, 7) is 3.07. The Hall–Kier alpha value is -1.39. The molecule has 2 rings (SSSR count). The molecule has 4 nitrogen and oxygen atoms in total. The molecule has 0 aliphatic carbocycles. The van der Waals surface area contributed by atoms with Gasteiger partial charge in [0.2, 0.25) is 5.91 Å². The Labute approximate surface area is 107 Å². The highest BCUT2D eigenvalue weighted by molar-refractivity contribution is 5.92. The van der Waals surface area contributed by atoms with Gasteiger partial charge in [0.25, 0.3) is 0 Å². The van der Waals surface area contributed by atoms with Gasteiger partial charge in [0, 0.05) is 12.1 Å². The Morgan fingerprint density at radius 1 is 1.28 bits per heavy atom. The van der Waals surface area contributed by atoms with Gasteiger partial charge in [0.15, 0.2) is 0 Å². The fourth-order valence-corrected chi connectivity index (χ4v) is 2.55. The highest BCUT2D eigenvalue weighted by Gasteiger charge is 2.20. The van der Waals surface area contributed by atoms with Crippen molar-refractivity contribution >= 4 is 5.91 Å². The lowest BCUT2D eigenvalue weighted by Gasteiger charge is -2.31. The summed E-state index contributed by atoms with van der Waals surface area (Å²) in [5, 5.41) is 8.90. The molecule has 0 saturated carbocycles. The van der Waals surface area contributed by atoms with E-state index in [-0.39, 0.29) is 12.5 Å². The van der Waals surface area contributed by atoms with Gasteiger partial charge in [-0.3, -0.25) is 4.79 Å². The van der Waals surface area contributed by atoms with Crippen LogP contribution in [0, 0.1) is 0 Å². The highest BCUT2D eigenvalue weighted by Crippen LogP contribution is 2.27. The van der Waals surface area contributed by atoms with Gasteiger partial charge in [0.05, 0.1) is 6.61 Å². The number of benzene rings is 1. The lowest BCUT2D eigenvalue weighted by atomic mass is 9.89. The first-order valence-corrected chi connectivity index (χ1v) is 6.43. The Kier molecular flexibility index (Phi) is 4.33. The molecule has 0 unspecified atom stereocenters. The van der Waals surface area contributed by atoms with Crippen LogP contribution in [0.4, 0.5) is 0 Å². The van der Waals surface area contributed by atoms with Crippen LogP contribution in [0.15, 0.2) is 24.3 Å². The van der Waals surface area contributed by atoms with Crippen LogP contribution in [0.1, 0.15) is 34.7 Å². The molecule has 1 aliphatic rings. The molecule has 18 heavy (non-hydrogen) atoms. The smallest absolute Gasteiger partial charge is 0.248 e. The normalized spacial score (nSPS) is 17.8. The molecule has 98 valence electrons. The van der Waals surface area contributed by atoms with Gasteiger partial charge in [-0.15, -0.1) is 0 Å². The maximum atomic E-state index is 11.0. The first-order valence-electron chi connectivity index (χ1n) is 6.43. The number of hydrogen-bond acceptors (Lipinski definition) is 3. The molecule has 1 amide bonds. The van der Waals surface area contributed by atoms with Crippen LogP contribution < -0.4 is 5.73 Å². The molecule has 0 atom stereocenters. The third-order valence-corrected chi connectivity index (χ3v) is 3.67. The van der Waals surface area contributed by atoms with Crippen molar-refractivity contribution in [1.82, 2.24) is 4.90 Å². The standard InChI is InChI=1S/C14H20N2O2/c15-14(18)13-3-1-11(2-4-13)12-5-7-16(8-6-12)9-10-17/h1-4,12,17H,5-10H2,(H2,15,18). The van der Waals surface area contributed by atoms with Crippen LogP contribution in [0.2, 0.25) is 0 Å². The Morgan fingerprint density at radius 3 is 2.39 bits per heavy atom. The second-order valence-electron chi connectivity index (χ2n) is 4.83. The quantitative estimate of drug-likeness (QED) is 0.834. The minimum Gasteiger partial charge on any atom is -0.395 e. The highest BCUT2D eigenvalue weighted by atomic mass is 16.3. The van der Waals surface area contributed by atoms with Crippen LogP contribution in [0.25, 0.3) is 0 Å². The summed E-state index contributed by atoms with van der Waals surface area (Å²) >= 11 is 0. The third kappa shape index (κ3) is 3.09. The van der Waals surface area contributed by atoms with Crippen molar-refractivity contribution in [3.63, 3.8) is 0 Å². The Morgan fingerprint density at radius 2 is 1.89 bits per heavy atom. The lowest BCUT2D eigenvalue weighted by Crippen LogP contribution is -2.34. The molecule has 4 heteroatoms. The van der Waals surface area contributed by atoms with Gasteiger partial charge in [-0.2, -0.15) is 0 Å². The minimum absolute atomic E-state index is 0.234. The number of primary amides is 1. The number of carbonyl (C=O) groups excluding carboxylic acids is 1. The van der Waals surface area contributed by atoms with E-state index in [4.69, 9.17) is 10.8 Å². The molecular weight excluding hydrogens is 228 g/mol. The van der Waals surface area contributed by atoms with Crippen molar-refractivity contribution in [2.45, 2.75) is 18.8 Å². The molecule has 1 aromatic carbocycles. The predicted octanol–water partition coefficient (Wildman–Crippen LogP) is 0.957. The molecule has 0 radical (unpaired) electrons. The number of piperidine rings is 1. The van der Waals surface area contributed by atoms with Crippen molar-refractivity contribution in [1.29, 1.82) is 0 Å². The lowest BCUT2D eigenvalue weighted by molar-refractivity contribution is 0.100. The summed E-state index contributed by atoms with van der Waals surface area (Å²) < 4.78 is 0. The van der Waals surface area contributed by atoms with Crippen LogP contribution in [-0.4, -0.2) is 42.2 Å². The molecule has 1 aromatic rings. The number of aliphatic hydroxyl groups excluding tert-OH is 1. The predicted molar refractivity (Wildman–Crippen MR) is 70.5 cm³/mol. The van der Waals surface area contributed by atoms with Crippen molar-refractivity contribution in [3.8, 4) is 0 Å². The van der Waals surface area contributed by atoms with Gasteiger partial charge in [0.1, 0.15) is 0 Å². The van der Waals surface area contributed by atoms with Crippen molar-refractivity contribution in [2.75, 3.05) is 26.2 Å². The van der Waals surface area contributed by atoms with Crippen molar-refractivity contribution < 1.29 is 9.90 Å². The summed E-state index contributed by atoms with van der Waals surface area (Å²) in [5.74, 6) is 0.182.